The van der Waals surface area contributed by atoms with E-state index >= 15 is 0 Å². The number of nitrogens with zero attached hydrogens (tertiary/aromatic N) is 3. The van der Waals surface area contributed by atoms with E-state index in [4.69, 9.17) is 0 Å². The molecule has 4 rings (SSSR count). The number of hydrogen-bond acceptors (Lipinski definition) is 3. The second-order valence-electron chi connectivity index (χ2n) is 5.44. The maximum absolute atomic E-state index is 13.2. The van der Waals surface area contributed by atoms with Crippen molar-refractivity contribution in [3.63, 3.8) is 0 Å². The van der Waals surface area contributed by atoms with E-state index in [0.29, 0.717) is 22.2 Å². The molecular formula is C18H12F2N4O. The zero-order valence-electron chi connectivity index (χ0n) is 12.9. The van der Waals surface area contributed by atoms with Gasteiger partial charge in [0.25, 0.3) is 12.0 Å². The van der Waals surface area contributed by atoms with Crippen molar-refractivity contribution in [2.45, 2.75) is 6.43 Å². The highest BCUT2D eigenvalue weighted by Gasteiger charge is 2.19. The Kier molecular flexibility index (Phi) is 3.61. The molecule has 0 amide bonds. The van der Waals surface area contributed by atoms with E-state index in [9.17, 15) is 13.6 Å². The quantitative estimate of drug-likeness (QED) is 0.619. The van der Waals surface area contributed by atoms with Crippen molar-refractivity contribution in [3.8, 4) is 17.2 Å². The first-order valence-electron chi connectivity index (χ1n) is 7.56. The van der Waals surface area contributed by atoms with Gasteiger partial charge in [0.15, 0.2) is 0 Å². The number of aromatic amines is 1. The largest absolute Gasteiger partial charge is 0.290 e. The van der Waals surface area contributed by atoms with Gasteiger partial charge >= 0.3 is 0 Å². The van der Waals surface area contributed by atoms with E-state index in [-0.39, 0.29) is 17.2 Å². The third-order valence-corrected chi connectivity index (χ3v) is 3.82. The lowest BCUT2D eigenvalue weighted by atomic mass is 10.1. The number of aromatic nitrogens is 4. The molecular weight excluding hydrogens is 326 g/mol. The Morgan fingerprint density at radius 3 is 2.48 bits per heavy atom. The molecule has 0 saturated carbocycles. The minimum absolute atomic E-state index is 0.0921. The van der Waals surface area contributed by atoms with E-state index in [2.05, 4.69) is 15.1 Å². The summed E-state index contributed by atoms with van der Waals surface area (Å²) in [5.74, 6) is 0.0921. The molecule has 0 atom stereocenters. The van der Waals surface area contributed by atoms with Crippen molar-refractivity contribution in [1.29, 1.82) is 0 Å². The zero-order valence-corrected chi connectivity index (χ0v) is 12.9. The van der Waals surface area contributed by atoms with Gasteiger partial charge in [0.05, 0.1) is 16.6 Å². The first-order chi connectivity index (χ1) is 12.1. The van der Waals surface area contributed by atoms with Crippen molar-refractivity contribution in [1.82, 2.24) is 19.7 Å². The lowest BCUT2D eigenvalue weighted by Crippen LogP contribution is -2.15. The number of alkyl halides is 2. The minimum Gasteiger partial charge on any atom is -0.290 e. The number of para-hydroxylation sites is 1. The van der Waals surface area contributed by atoms with Crippen LogP contribution in [0.5, 0.6) is 0 Å². The fourth-order valence-corrected chi connectivity index (χ4v) is 2.66. The second kappa shape index (κ2) is 5.94. The molecule has 0 spiro atoms. The molecule has 0 unspecified atom stereocenters. The Morgan fingerprint density at radius 2 is 1.72 bits per heavy atom. The van der Waals surface area contributed by atoms with Crippen LogP contribution >= 0.6 is 0 Å². The van der Waals surface area contributed by atoms with Crippen molar-refractivity contribution < 1.29 is 8.78 Å². The fourth-order valence-electron chi connectivity index (χ4n) is 2.66. The molecule has 0 fully saturated rings. The Morgan fingerprint density at radius 1 is 1.00 bits per heavy atom. The van der Waals surface area contributed by atoms with Crippen molar-refractivity contribution in [2.75, 3.05) is 0 Å². The summed E-state index contributed by atoms with van der Waals surface area (Å²) in [5, 5.41) is 4.36. The highest BCUT2D eigenvalue weighted by Crippen LogP contribution is 2.27. The molecule has 0 aliphatic heterocycles. The van der Waals surface area contributed by atoms with Crippen molar-refractivity contribution in [3.05, 3.63) is 76.7 Å². The average Bonchev–Trinajstić information content (AvgIpc) is 3.08. The summed E-state index contributed by atoms with van der Waals surface area (Å²) >= 11 is 0. The molecule has 25 heavy (non-hydrogen) atoms. The monoisotopic (exact) mass is 338 g/mol. The van der Waals surface area contributed by atoms with Gasteiger partial charge in [0.2, 0.25) is 5.95 Å². The van der Waals surface area contributed by atoms with Gasteiger partial charge in [-0.1, -0.05) is 42.5 Å². The Labute approximate surface area is 140 Å². The standard InChI is InChI=1S/C18H12F2N4O/c19-16(20)14-10-15(11-6-2-1-3-7-11)24(23-14)18-21-13-9-5-4-8-12(13)17(25)22-18/h1-10,16H,(H,21,22,25). The van der Waals surface area contributed by atoms with E-state index in [1.807, 2.05) is 6.07 Å². The number of benzene rings is 2. The molecule has 0 aliphatic carbocycles. The van der Waals surface area contributed by atoms with Crippen LogP contribution in [-0.4, -0.2) is 19.7 Å². The highest BCUT2D eigenvalue weighted by molar-refractivity contribution is 5.77. The summed E-state index contributed by atoms with van der Waals surface area (Å²) in [5.41, 5.74) is 0.852. The van der Waals surface area contributed by atoms with E-state index in [1.54, 1.807) is 48.5 Å². The summed E-state index contributed by atoms with van der Waals surface area (Å²) in [6.45, 7) is 0. The molecule has 2 aromatic carbocycles. The lowest BCUT2D eigenvalue weighted by Gasteiger charge is -2.07. The van der Waals surface area contributed by atoms with E-state index < -0.39 is 6.43 Å². The van der Waals surface area contributed by atoms with Crippen LogP contribution in [0.4, 0.5) is 8.78 Å². The summed E-state index contributed by atoms with van der Waals surface area (Å²) in [6.07, 6.45) is -2.73. The van der Waals surface area contributed by atoms with Gasteiger partial charge in [-0.25, -0.2) is 13.8 Å². The molecule has 1 N–H and O–H groups in total. The second-order valence-corrected chi connectivity index (χ2v) is 5.44. The molecule has 0 radical (unpaired) electrons. The van der Waals surface area contributed by atoms with Gasteiger partial charge < -0.3 is 0 Å². The van der Waals surface area contributed by atoms with Crippen LogP contribution in [0.3, 0.4) is 0 Å². The van der Waals surface area contributed by atoms with Gasteiger partial charge in [-0.15, -0.1) is 0 Å². The number of hydrogen-bond donors (Lipinski definition) is 1. The van der Waals surface area contributed by atoms with Crippen LogP contribution < -0.4 is 5.56 Å². The van der Waals surface area contributed by atoms with E-state index in [0.717, 1.165) is 0 Å². The Bertz CT molecular complexity index is 1100. The van der Waals surface area contributed by atoms with Crippen LogP contribution in [0.15, 0.2) is 65.5 Å². The van der Waals surface area contributed by atoms with Gasteiger partial charge in [0.1, 0.15) is 5.69 Å². The predicted molar refractivity (Wildman–Crippen MR) is 89.9 cm³/mol. The smallest absolute Gasteiger partial charge is 0.282 e. The average molecular weight is 338 g/mol. The third kappa shape index (κ3) is 2.69. The van der Waals surface area contributed by atoms with Gasteiger partial charge in [0, 0.05) is 5.56 Å². The summed E-state index contributed by atoms with van der Waals surface area (Å²) in [7, 11) is 0. The maximum atomic E-state index is 13.2. The number of halogens is 2. The molecule has 2 aromatic heterocycles. The number of nitrogens with one attached hydrogen (secondary N) is 1. The molecule has 124 valence electrons. The first-order valence-corrected chi connectivity index (χ1v) is 7.56. The number of H-pyrrole nitrogens is 1. The summed E-state index contributed by atoms with van der Waals surface area (Å²) in [4.78, 5) is 19.3. The molecule has 5 nitrogen and oxygen atoms in total. The van der Waals surface area contributed by atoms with Gasteiger partial charge in [-0.05, 0) is 18.2 Å². The normalized spacial score (nSPS) is 11.3. The van der Waals surface area contributed by atoms with Gasteiger partial charge in [-0.3, -0.25) is 9.78 Å². The van der Waals surface area contributed by atoms with Crippen molar-refractivity contribution in [2.24, 2.45) is 0 Å². The fraction of sp³-hybridized carbons (Fsp3) is 0.0556. The number of fused-ring (bicyclic) bond motifs is 1. The SMILES string of the molecule is O=c1[nH]c(-n2nc(C(F)F)cc2-c2ccccc2)nc2ccccc12. The summed E-state index contributed by atoms with van der Waals surface area (Å²) in [6, 6.07) is 17.1. The van der Waals surface area contributed by atoms with Crippen LogP contribution in [0.25, 0.3) is 28.1 Å². The van der Waals surface area contributed by atoms with Crippen LogP contribution in [0.1, 0.15) is 12.1 Å². The number of rotatable bonds is 3. The molecule has 7 heteroatoms. The third-order valence-electron chi connectivity index (χ3n) is 3.82. The molecule has 4 aromatic rings. The molecule has 2 heterocycles. The first kappa shape index (κ1) is 15.2. The molecule has 0 aliphatic rings. The lowest BCUT2D eigenvalue weighted by molar-refractivity contribution is 0.145. The predicted octanol–water partition coefficient (Wildman–Crippen LogP) is 3.71. The molecule has 0 saturated heterocycles. The van der Waals surface area contributed by atoms with Gasteiger partial charge in [-0.2, -0.15) is 9.78 Å². The van der Waals surface area contributed by atoms with Crippen LogP contribution in [-0.2, 0) is 0 Å². The topological polar surface area (TPSA) is 63.6 Å². The molecule has 0 bridgehead atoms. The maximum Gasteiger partial charge on any atom is 0.282 e. The van der Waals surface area contributed by atoms with Crippen molar-refractivity contribution >= 4 is 10.9 Å². The van der Waals surface area contributed by atoms with Crippen LogP contribution in [0, 0.1) is 0 Å². The summed E-state index contributed by atoms with van der Waals surface area (Å²) < 4.78 is 27.6. The van der Waals surface area contributed by atoms with Crippen LogP contribution in [0.2, 0.25) is 0 Å². The Hall–Kier alpha value is -3.35. The minimum atomic E-state index is -2.73. The highest BCUT2D eigenvalue weighted by atomic mass is 19.3. The Balaban J connectivity index is 1.97. The van der Waals surface area contributed by atoms with E-state index in [1.165, 1.54) is 10.7 Å². The zero-order chi connectivity index (χ0) is 17.4.